The normalized spacial score (nSPS) is 18.5. The van der Waals surface area contributed by atoms with E-state index >= 15 is 0 Å². The van der Waals surface area contributed by atoms with Gasteiger partial charge in [0.15, 0.2) is 0 Å². The van der Waals surface area contributed by atoms with Crippen LogP contribution >= 0.6 is 0 Å². The summed E-state index contributed by atoms with van der Waals surface area (Å²) in [5.41, 5.74) is 0. The van der Waals surface area contributed by atoms with E-state index in [0.717, 1.165) is 24.6 Å². The predicted octanol–water partition coefficient (Wildman–Crippen LogP) is 3.38. The number of hydrogen-bond acceptors (Lipinski definition) is 2. The van der Waals surface area contributed by atoms with Crippen LogP contribution in [0.4, 0.5) is 0 Å². The summed E-state index contributed by atoms with van der Waals surface area (Å²) >= 11 is 0. The van der Waals surface area contributed by atoms with Crippen molar-refractivity contribution in [2.75, 3.05) is 13.1 Å². The third-order valence-corrected chi connectivity index (χ3v) is 3.54. The topological polar surface area (TPSA) is 25.2 Å². The highest BCUT2D eigenvalue weighted by Crippen LogP contribution is 2.21. The van der Waals surface area contributed by atoms with Gasteiger partial charge in [-0.05, 0) is 37.4 Å². The molecule has 0 atom stereocenters. The van der Waals surface area contributed by atoms with E-state index in [9.17, 15) is 0 Å². The summed E-state index contributed by atoms with van der Waals surface area (Å²) < 4.78 is 5.31. The van der Waals surface area contributed by atoms with Gasteiger partial charge < -0.3 is 9.73 Å². The first-order chi connectivity index (χ1) is 7.95. The minimum atomic E-state index is 0.916. The van der Waals surface area contributed by atoms with E-state index in [1.807, 2.05) is 12.1 Å². The summed E-state index contributed by atoms with van der Waals surface area (Å²) in [6.07, 6.45) is 11.4. The van der Waals surface area contributed by atoms with E-state index in [0.29, 0.717) is 0 Å². The van der Waals surface area contributed by atoms with Gasteiger partial charge in [-0.2, -0.15) is 0 Å². The lowest BCUT2D eigenvalue weighted by Crippen LogP contribution is -2.24. The molecule has 90 valence electrons. The molecule has 1 aliphatic rings. The van der Waals surface area contributed by atoms with Gasteiger partial charge in [0.05, 0.1) is 6.26 Å². The molecule has 1 aromatic rings. The van der Waals surface area contributed by atoms with Gasteiger partial charge in [-0.3, -0.25) is 0 Å². The van der Waals surface area contributed by atoms with Gasteiger partial charge in [0.25, 0.3) is 0 Å². The molecule has 0 spiro atoms. The quantitative estimate of drug-likeness (QED) is 0.609. The number of hydrogen-bond donors (Lipinski definition) is 1. The van der Waals surface area contributed by atoms with Crippen LogP contribution in [0, 0.1) is 5.92 Å². The van der Waals surface area contributed by atoms with Crippen LogP contribution in [-0.4, -0.2) is 13.1 Å². The summed E-state index contributed by atoms with van der Waals surface area (Å²) in [5.74, 6) is 2.01. The van der Waals surface area contributed by atoms with Crippen molar-refractivity contribution in [2.24, 2.45) is 5.92 Å². The molecular weight excluding hydrogens is 198 g/mol. The van der Waals surface area contributed by atoms with Gasteiger partial charge in [-0.1, -0.05) is 25.7 Å². The second-order valence-electron chi connectivity index (χ2n) is 4.89. The molecule has 2 rings (SSSR count). The molecule has 0 saturated heterocycles. The van der Waals surface area contributed by atoms with Crippen LogP contribution in [0.25, 0.3) is 0 Å². The summed E-state index contributed by atoms with van der Waals surface area (Å²) in [6.45, 7) is 2.24. The molecular formula is C14H23NO. The number of rotatable bonds is 5. The minimum Gasteiger partial charge on any atom is -0.469 e. The maximum Gasteiger partial charge on any atom is 0.105 e. The van der Waals surface area contributed by atoms with Crippen LogP contribution in [0.3, 0.4) is 0 Å². The molecule has 2 nitrogen and oxygen atoms in total. The monoisotopic (exact) mass is 221 g/mol. The van der Waals surface area contributed by atoms with Crippen molar-refractivity contribution in [3.05, 3.63) is 24.2 Å². The molecule has 0 bridgehead atoms. The zero-order valence-corrected chi connectivity index (χ0v) is 10.1. The lowest BCUT2D eigenvalue weighted by atomic mass is 10.0. The molecule has 0 aliphatic heterocycles. The van der Waals surface area contributed by atoms with Crippen molar-refractivity contribution >= 4 is 0 Å². The molecule has 1 aromatic heterocycles. The zero-order chi connectivity index (χ0) is 11.1. The maximum absolute atomic E-state index is 5.31. The first-order valence-corrected chi connectivity index (χ1v) is 6.68. The highest BCUT2D eigenvalue weighted by molar-refractivity contribution is 4.98. The molecule has 2 heteroatoms. The average Bonchev–Trinajstić information content (AvgIpc) is 2.68. The Kier molecular flexibility index (Phi) is 4.94. The van der Waals surface area contributed by atoms with Crippen LogP contribution in [-0.2, 0) is 6.42 Å². The van der Waals surface area contributed by atoms with Gasteiger partial charge in [0, 0.05) is 13.0 Å². The fraction of sp³-hybridized carbons (Fsp3) is 0.714. The standard InChI is InChI=1S/C14H23NO/c1-2-4-7-13(6-3-1)12-15-10-9-14-8-5-11-16-14/h5,8,11,13,15H,1-4,6-7,9-10,12H2. The molecule has 1 N–H and O–H groups in total. The fourth-order valence-corrected chi connectivity index (χ4v) is 2.54. The summed E-state index contributed by atoms with van der Waals surface area (Å²) in [4.78, 5) is 0. The molecule has 16 heavy (non-hydrogen) atoms. The summed E-state index contributed by atoms with van der Waals surface area (Å²) in [6, 6.07) is 4.01. The van der Waals surface area contributed by atoms with E-state index in [1.165, 1.54) is 45.1 Å². The predicted molar refractivity (Wildman–Crippen MR) is 66.5 cm³/mol. The smallest absolute Gasteiger partial charge is 0.105 e. The maximum atomic E-state index is 5.31. The van der Waals surface area contributed by atoms with Crippen molar-refractivity contribution in [1.29, 1.82) is 0 Å². The fourth-order valence-electron chi connectivity index (χ4n) is 2.54. The highest BCUT2D eigenvalue weighted by Gasteiger charge is 2.11. The van der Waals surface area contributed by atoms with Crippen LogP contribution in [0.5, 0.6) is 0 Å². The molecule has 1 saturated carbocycles. The van der Waals surface area contributed by atoms with E-state index in [2.05, 4.69) is 5.32 Å². The second kappa shape index (κ2) is 6.74. The Hall–Kier alpha value is -0.760. The Morgan fingerprint density at radius 3 is 2.69 bits per heavy atom. The average molecular weight is 221 g/mol. The zero-order valence-electron chi connectivity index (χ0n) is 10.1. The largest absolute Gasteiger partial charge is 0.469 e. The summed E-state index contributed by atoms with van der Waals surface area (Å²) in [5, 5.41) is 3.56. The summed E-state index contributed by atoms with van der Waals surface area (Å²) in [7, 11) is 0. The van der Waals surface area contributed by atoms with Crippen molar-refractivity contribution in [3.8, 4) is 0 Å². The van der Waals surface area contributed by atoms with Crippen LogP contribution in [0.15, 0.2) is 22.8 Å². The lowest BCUT2D eigenvalue weighted by Gasteiger charge is -2.14. The number of furan rings is 1. The van der Waals surface area contributed by atoms with Gasteiger partial charge in [0.2, 0.25) is 0 Å². The molecule has 0 unspecified atom stereocenters. The van der Waals surface area contributed by atoms with E-state index in [-0.39, 0.29) is 0 Å². The van der Waals surface area contributed by atoms with Crippen LogP contribution < -0.4 is 5.32 Å². The Bertz CT molecular complexity index is 260. The van der Waals surface area contributed by atoms with Crippen molar-refractivity contribution < 1.29 is 4.42 Å². The minimum absolute atomic E-state index is 0.916. The first-order valence-electron chi connectivity index (χ1n) is 6.68. The molecule has 1 fully saturated rings. The molecule has 1 heterocycles. The Morgan fingerprint density at radius 2 is 2.00 bits per heavy atom. The third-order valence-electron chi connectivity index (χ3n) is 3.54. The van der Waals surface area contributed by atoms with Crippen LogP contribution in [0.1, 0.15) is 44.3 Å². The van der Waals surface area contributed by atoms with Crippen LogP contribution in [0.2, 0.25) is 0 Å². The lowest BCUT2D eigenvalue weighted by molar-refractivity contribution is 0.420. The number of nitrogens with one attached hydrogen (secondary N) is 1. The van der Waals surface area contributed by atoms with Gasteiger partial charge in [-0.15, -0.1) is 0 Å². The third kappa shape index (κ3) is 4.01. The first kappa shape index (κ1) is 11.7. The molecule has 1 aliphatic carbocycles. The Morgan fingerprint density at radius 1 is 1.19 bits per heavy atom. The van der Waals surface area contributed by atoms with Gasteiger partial charge >= 0.3 is 0 Å². The highest BCUT2D eigenvalue weighted by atomic mass is 16.3. The van der Waals surface area contributed by atoms with Crippen molar-refractivity contribution in [1.82, 2.24) is 5.32 Å². The van der Waals surface area contributed by atoms with Crippen molar-refractivity contribution in [3.63, 3.8) is 0 Å². The van der Waals surface area contributed by atoms with Crippen molar-refractivity contribution in [2.45, 2.75) is 44.9 Å². The second-order valence-corrected chi connectivity index (χ2v) is 4.89. The van der Waals surface area contributed by atoms with E-state index in [1.54, 1.807) is 6.26 Å². The van der Waals surface area contributed by atoms with E-state index < -0.39 is 0 Å². The molecule has 0 radical (unpaired) electrons. The van der Waals surface area contributed by atoms with E-state index in [4.69, 9.17) is 4.42 Å². The van der Waals surface area contributed by atoms with Gasteiger partial charge in [-0.25, -0.2) is 0 Å². The molecule has 0 amide bonds. The SMILES string of the molecule is c1coc(CCNCC2CCCCCC2)c1. The Balaban J connectivity index is 1.56. The molecule has 0 aromatic carbocycles. The van der Waals surface area contributed by atoms with Gasteiger partial charge in [0.1, 0.15) is 5.76 Å². The Labute approximate surface area is 98.4 Å².